The lowest BCUT2D eigenvalue weighted by Gasteiger charge is -2.07. The zero-order valence-electron chi connectivity index (χ0n) is 15.2. The first kappa shape index (κ1) is 18.9. The Labute approximate surface area is 163 Å². The maximum absolute atomic E-state index is 12.0. The number of nitrogens with one attached hydrogen (secondary N) is 1. The number of ether oxygens (including phenoxy) is 2. The van der Waals surface area contributed by atoms with Gasteiger partial charge in [-0.1, -0.05) is 35.9 Å². The molecular formula is C21H22N2O3S. The predicted molar refractivity (Wildman–Crippen MR) is 106 cm³/mol. The minimum atomic E-state index is -0.0667. The van der Waals surface area contributed by atoms with E-state index in [-0.39, 0.29) is 12.3 Å². The second kappa shape index (κ2) is 9.73. The van der Waals surface area contributed by atoms with Crippen molar-refractivity contribution in [1.29, 1.82) is 0 Å². The molecule has 6 heteroatoms. The van der Waals surface area contributed by atoms with Crippen LogP contribution in [0.25, 0.3) is 0 Å². The van der Waals surface area contributed by atoms with Gasteiger partial charge in [0.15, 0.2) is 0 Å². The zero-order chi connectivity index (χ0) is 18.9. The van der Waals surface area contributed by atoms with Crippen LogP contribution >= 0.6 is 11.3 Å². The van der Waals surface area contributed by atoms with E-state index >= 15 is 0 Å². The lowest BCUT2D eigenvalue weighted by atomic mass is 10.2. The fraction of sp³-hybridized carbons (Fsp3) is 0.238. The van der Waals surface area contributed by atoms with Gasteiger partial charge in [-0.2, -0.15) is 0 Å². The molecular weight excluding hydrogens is 360 g/mol. The highest BCUT2D eigenvalue weighted by Crippen LogP contribution is 2.16. The molecule has 1 aromatic heterocycles. The number of thiazole rings is 1. The van der Waals surface area contributed by atoms with Gasteiger partial charge in [0, 0.05) is 5.38 Å². The number of hydrogen-bond donors (Lipinski definition) is 1. The molecule has 0 spiro atoms. The Morgan fingerprint density at radius 1 is 1.04 bits per heavy atom. The topological polar surface area (TPSA) is 60.5 Å². The SMILES string of the molecule is Cc1ccc(OCc2nc(CC(=O)NCCOc3ccccc3)cs2)cc1. The van der Waals surface area contributed by atoms with Crippen molar-refractivity contribution in [3.8, 4) is 11.5 Å². The Kier molecular flexibility index (Phi) is 6.82. The number of para-hydroxylation sites is 1. The molecule has 3 aromatic rings. The van der Waals surface area contributed by atoms with E-state index in [1.54, 1.807) is 0 Å². The third-order valence-corrected chi connectivity index (χ3v) is 4.63. The van der Waals surface area contributed by atoms with Crippen LogP contribution < -0.4 is 14.8 Å². The number of carbonyl (C=O) groups is 1. The number of benzene rings is 2. The van der Waals surface area contributed by atoms with E-state index in [9.17, 15) is 4.79 Å². The molecule has 0 fully saturated rings. The first-order valence-corrected chi connectivity index (χ1v) is 9.64. The number of aromatic nitrogens is 1. The maximum atomic E-state index is 12.0. The van der Waals surface area contributed by atoms with Crippen molar-refractivity contribution in [1.82, 2.24) is 10.3 Å². The predicted octanol–water partition coefficient (Wildman–Crippen LogP) is 3.77. The van der Waals surface area contributed by atoms with E-state index < -0.39 is 0 Å². The van der Waals surface area contributed by atoms with Crippen LogP contribution in [-0.2, 0) is 17.8 Å². The molecule has 0 atom stereocenters. The number of hydrogen-bond acceptors (Lipinski definition) is 5. The lowest BCUT2D eigenvalue weighted by molar-refractivity contribution is -0.120. The molecule has 0 unspecified atom stereocenters. The second-order valence-electron chi connectivity index (χ2n) is 6.02. The van der Waals surface area contributed by atoms with Crippen LogP contribution in [0.1, 0.15) is 16.3 Å². The van der Waals surface area contributed by atoms with Crippen LogP contribution in [0.5, 0.6) is 11.5 Å². The highest BCUT2D eigenvalue weighted by molar-refractivity contribution is 7.09. The van der Waals surface area contributed by atoms with Gasteiger partial charge in [0.05, 0.1) is 18.7 Å². The standard InChI is InChI=1S/C21H22N2O3S/c1-16-7-9-19(10-8-16)26-14-21-23-17(15-27-21)13-20(24)22-11-12-25-18-5-3-2-4-6-18/h2-10,15H,11-14H2,1H3,(H,22,24). The summed E-state index contributed by atoms with van der Waals surface area (Å²) in [5.74, 6) is 1.54. The summed E-state index contributed by atoms with van der Waals surface area (Å²) in [6.07, 6.45) is 0.256. The Hall–Kier alpha value is -2.86. The monoisotopic (exact) mass is 382 g/mol. The van der Waals surface area contributed by atoms with Crippen LogP contribution in [-0.4, -0.2) is 24.0 Å². The average Bonchev–Trinajstić information content (AvgIpc) is 3.13. The van der Waals surface area contributed by atoms with Gasteiger partial charge < -0.3 is 14.8 Å². The lowest BCUT2D eigenvalue weighted by Crippen LogP contribution is -2.29. The third-order valence-electron chi connectivity index (χ3n) is 3.76. The van der Waals surface area contributed by atoms with E-state index in [1.807, 2.05) is 66.9 Å². The number of rotatable bonds is 9. The van der Waals surface area contributed by atoms with Crippen molar-refractivity contribution < 1.29 is 14.3 Å². The number of carbonyl (C=O) groups excluding carboxylic acids is 1. The minimum Gasteiger partial charge on any atom is -0.492 e. The highest BCUT2D eigenvalue weighted by atomic mass is 32.1. The van der Waals surface area contributed by atoms with Gasteiger partial charge in [-0.15, -0.1) is 11.3 Å². The Bertz CT molecular complexity index is 847. The van der Waals surface area contributed by atoms with Gasteiger partial charge in [-0.25, -0.2) is 4.98 Å². The van der Waals surface area contributed by atoms with Gasteiger partial charge in [0.1, 0.15) is 29.7 Å². The quantitative estimate of drug-likeness (QED) is 0.572. The molecule has 2 aromatic carbocycles. The highest BCUT2D eigenvalue weighted by Gasteiger charge is 2.08. The van der Waals surface area contributed by atoms with E-state index in [1.165, 1.54) is 16.9 Å². The fourth-order valence-electron chi connectivity index (χ4n) is 2.38. The van der Waals surface area contributed by atoms with Gasteiger partial charge >= 0.3 is 0 Å². The van der Waals surface area contributed by atoms with Gasteiger partial charge in [-0.3, -0.25) is 4.79 Å². The summed E-state index contributed by atoms with van der Waals surface area (Å²) >= 11 is 1.50. The molecule has 0 radical (unpaired) electrons. The molecule has 1 N–H and O–H groups in total. The fourth-order valence-corrected chi connectivity index (χ4v) is 3.08. The smallest absolute Gasteiger partial charge is 0.226 e. The van der Waals surface area contributed by atoms with Crippen molar-refractivity contribution in [2.45, 2.75) is 20.0 Å². The number of amides is 1. The van der Waals surface area contributed by atoms with Crippen molar-refractivity contribution in [2.24, 2.45) is 0 Å². The first-order chi connectivity index (χ1) is 13.2. The molecule has 0 aliphatic heterocycles. The molecule has 0 saturated carbocycles. The molecule has 1 amide bonds. The summed E-state index contributed by atoms with van der Waals surface area (Å²) in [5, 5.41) is 5.59. The Balaban J connectivity index is 1.36. The number of nitrogens with zero attached hydrogens (tertiary/aromatic N) is 1. The largest absolute Gasteiger partial charge is 0.492 e. The van der Waals surface area contributed by atoms with Gasteiger partial charge in [-0.05, 0) is 31.2 Å². The average molecular weight is 382 g/mol. The maximum Gasteiger partial charge on any atom is 0.226 e. The third kappa shape index (κ3) is 6.42. The van der Waals surface area contributed by atoms with Crippen LogP contribution in [0.15, 0.2) is 60.0 Å². The zero-order valence-corrected chi connectivity index (χ0v) is 16.0. The molecule has 0 aliphatic carbocycles. The van der Waals surface area contributed by atoms with E-state index in [4.69, 9.17) is 9.47 Å². The molecule has 3 rings (SSSR count). The van der Waals surface area contributed by atoms with Gasteiger partial charge in [0.25, 0.3) is 0 Å². The first-order valence-electron chi connectivity index (χ1n) is 8.76. The summed E-state index contributed by atoms with van der Waals surface area (Å²) in [5.41, 5.74) is 1.95. The van der Waals surface area contributed by atoms with Crippen molar-refractivity contribution >= 4 is 17.2 Å². The van der Waals surface area contributed by atoms with Crippen molar-refractivity contribution in [3.63, 3.8) is 0 Å². The second-order valence-corrected chi connectivity index (χ2v) is 6.97. The van der Waals surface area contributed by atoms with E-state index in [0.29, 0.717) is 19.8 Å². The van der Waals surface area contributed by atoms with Crippen LogP contribution in [0.4, 0.5) is 0 Å². The molecule has 140 valence electrons. The van der Waals surface area contributed by atoms with Crippen molar-refractivity contribution in [2.75, 3.05) is 13.2 Å². The summed E-state index contributed by atoms with van der Waals surface area (Å²) in [6.45, 7) is 3.33. The Morgan fingerprint density at radius 2 is 1.78 bits per heavy atom. The summed E-state index contributed by atoms with van der Waals surface area (Å²) < 4.78 is 11.3. The summed E-state index contributed by atoms with van der Waals surface area (Å²) in [4.78, 5) is 16.5. The van der Waals surface area contributed by atoms with E-state index in [2.05, 4.69) is 10.3 Å². The summed E-state index contributed by atoms with van der Waals surface area (Å²) in [7, 11) is 0. The van der Waals surface area contributed by atoms with Crippen molar-refractivity contribution in [3.05, 3.63) is 76.2 Å². The molecule has 0 bridgehead atoms. The molecule has 0 aliphatic rings. The summed E-state index contributed by atoms with van der Waals surface area (Å²) in [6, 6.07) is 17.4. The Morgan fingerprint density at radius 3 is 2.56 bits per heavy atom. The molecule has 1 heterocycles. The normalized spacial score (nSPS) is 10.4. The van der Waals surface area contributed by atoms with Crippen LogP contribution in [0, 0.1) is 6.92 Å². The van der Waals surface area contributed by atoms with Crippen LogP contribution in [0.3, 0.4) is 0 Å². The molecule has 0 saturated heterocycles. The van der Waals surface area contributed by atoms with Gasteiger partial charge in [0.2, 0.25) is 5.91 Å². The minimum absolute atomic E-state index is 0.0667. The van der Waals surface area contributed by atoms with E-state index in [0.717, 1.165) is 22.2 Å². The molecule has 27 heavy (non-hydrogen) atoms. The van der Waals surface area contributed by atoms with Crippen LogP contribution in [0.2, 0.25) is 0 Å². The molecule has 5 nitrogen and oxygen atoms in total. The number of aryl methyl sites for hydroxylation is 1.